The zero-order chi connectivity index (χ0) is 14.0. The van der Waals surface area contributed by atoms with Gasteiger partial charge in [-0.25, -0.2) is 0 Å². The Morgan fingerprint density at radius 2 is 2.32 bits per heavy atom. The van der Waals surface area contributed by atoms with Crippen LogP contribution in [0.25, 0.3) is 0 Å². The van der Waals surface area contributed by atoms with E-state index in [-0.39, 0.29) is 17.4 Å². The number of hydrogen-bond donors (Lipinski definition) is 2. The van der Waals surface area contributed by atoms with Gasteiger partial charge >= 0.3 is 0 Å². The highest BCUT2D eigenvalue weighted by molar-refractivity contribution is 7.99. The van der Waals surface area contributed by atoms with Crippen LogP contribution in [-0.2, 0) is 4.79 Å². The lowest BCUT2D eigenvalue weighted by Gasteiger charge is -2.26. The highest BCUT2D eigenvalue weighted by Gasteiger charge is 2.43. The number of fused-ring (bicyclic) bond motifs is 1. The second-order valence-corrected chi connectivity index (χ2v) is 7.88. The van der Waals surface area contributed by atoms with Gasteiger partial charge in [0, 0.05) is 13.1 Å². The Balaban J connectivity index is 2.03. The lowest BCUT2D eigenvalue weighted by atomic mass is 9.93. The van der Waals surface area contributed by atoms with Gasteiger partial charge < -0.3 is 15.5 Å². The van der Waals surface area contributed by atoms with Gasteiger partial charge in [-0.15, -0.1) is 11.8 Å². The maximum Gasteiger partial charge on any atom is 0.246 e. The molecule has 2 saturated heterocycles. The summed E-state index contributed by atoms with van der Waals surface area (Å²) >= 11 is 7.16. The van der Waals surface area contributed by atoms with Gasteiger partial charge in [-0.1, -0.05) is 26.1 Å². The molecule has 108 valence electrons. The summed E-state index contributed by atoms with van der Waals surface area (Å²) in [5.74, 6) is 1.24. The first-order valence-electron chi connectivity index (χ1n) is 6.79. The summed E-state index contributed by atoms with van der Waals surface area (Å²) in [6.07, 6.45) is 1.96. The Kier molecular flexibility index (Phi) is 4.74. The SMILES string of the molecule is CNCC(=S)N[C@@H]1CCS[C@H]2CC(C)(C)CN2C1=O. The number of amides is 1. The molecule has 2 heterocycles. The van der Waals surface area contributed by atoms with Crippen LogP contribution >= 0.6 is 24.0 Å². The van der Waals surface area contributed by atoms with Crippen molar-refractivity contribution in [2.75, 3.05) is 25.9 Å². The van der Waals surface area contributed by atoms with Crippen molar-refractivity contribution in [3.05, 3.63) is 0 Å². The highest BCUT2D eigenvalue weighted by atomic mass is 32.2. The molecule has 2 N–H and O–H groups in total. The predicted octanol–water partition coefficient (Wildman–Crippen LogP) is 1.21. The Morgan fingerprint density at radius 1 is 1.58 bits per heavy atom. The van der Waals surface area contributed by atoms with Crippen molar-refractivity contribution in [3.63, 3.8) is 0 Å². The standard InChI is InChI=1S/C13H23N3OS2/c1-13(2)6-11-16(8-13)12(17)9(4-5-19-11)15-10(18)7-14-3/h9,11,14H,4-8H2,1-3H3,(H,15,18)/t9-,11+/m1/s1. The zero-order valence-electron chi connectivity index (χ0n) is 11.9. The second-order valence-electron chi connectivity index (χ2n) is 6.10. The van der Waals surface area contributed by atoms with E-state index in [0.717, 1.165) is 30.1 Å². The minimum Gasteiger partial charge on any atom is -0.367 e. The third-order valence-electron chi connectivity index (χ3n) is 3.64. The summed E-state index contributed by atoms with van der Waals surface area (Å²) in [5, 5.41) is 6.58. The van der Waals surface area contributed by atoms with Crippen LogP contribution in [0.4, 0.5) is 0 Å². The third kappa shape index (κ3) is 3.61. The van der Waals surface area contributed by atoms with Crippen molar-refractivity contribution in [3.8, 4) is 0 Å². The van der Waals surface area contributed by atoms with Crippen molar-refractivity contribution >= 4 is 34.9 Å². The fourth-order valence-corrected chi connectivity index (χ4v) is 4.62. The smallest absolute Gasteiger partial charge is 0.246 e. The van der Waals surface area contributed by atoms with Crippen molar-refractivity contribution in [1.29, 1.82) is 0 Å². The summed E-state index contributed by atoms with van der Waals surface area (Å²) in [6, 6.07) is -0.146. The Labute approximate surface area is 125 Å². The molecule has 4 nitrogen and oxygen atoms in total. The molecule has 0 aromatic heterocycles. The molecule has 0 unspecified atom stereocenters. The number of thiocarbonyl (C=S) groups is 1. The molecule has 2 rings (SSSR count). The van der Waals surface area contributed by atoms with Gasteiger partial charge in [0.25, 0.3) is 0 Å². The summed E-state index contributed by atoms with van der Waals surface area (Å²) in [5.41, 5.74) is 0.237. The molecule has 6 heteroatoms. The van der Waals surface area contributed by atoms with Gasteiger partial charge in [0.2, 0.25) is 5.91 Å². The number of rotatable bonds is 3. The molecule has 0 aromatic carbocycles. The largest absolute Gasteiger partial charge is 0.367 e. The lowest BCUT2D eigenvalue weighted by molar-refractivity contribution is -0.132. The van der Waals surface area contributed by atoms with Crippen molar-refractivity contribution < 1.29 is 4.79 Å². The maximum absolute atomic E-state index is 12.6. The molecule has 19 heavy (non-hydrogen) atoms. The molecule has 2 aliphatic rings. The minimum absolute atomic E-state index is 0.146. The molecule has 0 aromatic rings. The molecule has 2 atom stereocenters. The number of carbonyl (C=O) groups excluding carboxylic acids is 1. The zero-order valence-corrected chi connectivity index (χ0v) is 13.5. The number of likely N-dealkylation sites (N-methyl/N-ethyl adjacent to an activating group) is 1. The topological polar surface area (TPSA) is 44.4 Å². The fourth-order valence-electron chi connectivity index (χ4n) is 2.76. The highest BCUT2D eigenvalue weighted by Crippen LogP contribution is 2.41. The average Bonchev–Trinajstić information content (AvgIpc) is 2.56. The first kappa shape index (κ1) is 15.1. The molecule has 0 radical (unpaired) electrons. The fraction of sp³-hybridized carbons (Fsp3) is 0.846. The monoisotopic (exact) mass is 301 g/mol. The number of carbonyl (C=O) groups is 1. The Morgan fingerprint density at radius 3 is 3.00 bits per heavy atom. The van der Waals surface area contributed by atoms with Crippen LogP contribution in [-0.4, -0.2) is 53.1 Å². The summed E-state index contributed by atoms with van der Waals surface area (Å²) < 4.78 is 0. The van der Waals surface area contributed by atoms with Gasteiger partial charge in [-0.3, -0.25) is 4.79 Å². The molecule has 2 aliphatic heterocycles. The van der Waals surface area contributed by atoms with Crippen LogP contribution in [0.5, 0.6) is 0 Å². The Hall–Kier alpha value is -0.330. The molecule has 0 spiro atoms. The molecular formula is C13H23N3OS2. The molecule has 0 saturated carbocycles. The lowest BCUT2D eigenvalue weighted by Crippen LogP contribution is -2.49. The number of nitrogens with one attached hydrogen (secondary N) is 2. The van der Waals surface area contributed by atoms with Gasteiger partial charge in [0.1, 0.15) is 6.04 Å². The van der Waals surface area contributed by atoms with E-state index in [1.165, 1.54) is 0 Å². The predicted molar refractivity (Wildman–Crippen MR) is 84.4 cm³/mol. The van der Waals surface area contributed by atoms with E-state index in [9.17, 15) is 4.79 Å². The molecule has 1 amide bonds. The summed E-state index contributed by atoms with van der Waals surface area (Å²) in [6.45, 7) is 5.97. The maximum atomic E-state index is 12.6. The number of nitrogens with zero attached hydrogens (tertiary/aromatic N) is 1. The van der Waals surface area contributed by atoms with E-state index in [0.29, 0.717) is 11.9 Å². The second kappa shape index (κ2) is 5.97. The molecular weight excluding hydrogens is 278 g/mol. The first-order chi connectivity index (χ1) is 8.93. The molecule has 0 bridgehead atoms. The van der Waals surface area contributed by atoms with Crippen LogP contribution in [0.2, 0.25) is 0 Å². The van der Waals surface area contributed by atoms with E-state index in [2.05, 4.69) is 29.4 Å². The van der Waals surface area contributed by atoms with E-state index >= 15 is 0 Å². The van der Waals surface area contributed by atoms with Crippen LogP contribution in [0.15, 0.2) is 0 Å². The minimum atomic E-state index is -0.146. The van der Waals surface area contributed by atoms with Crippen LogP contribution < -0.4 is 10.6 Å². The van der Waals surface area contributed by atoms with Gasteiger partial charge in [-0.05, 0) is 31.1 Å². The van der Waals surface area contributed by atoms with E-state index in [1.54, 1.807) is 0 Å². The van der Waals surface area contributed by atoms with Crippen LogP contribution in [0.1, 0.15) is 26.7 Å². The summed E-state index contributed by atoms with van der Waals surface area (Å²) in [7, 11) is 1.86. The van der Waals surface area contributed by atoms with Crippen LogP contribution in [0, 0.1) is 5.41 Å². The van der Waals surface area contributed by atoms with Crippen molar-refractivity contribution in [2.24, 2.45) is 5.41 Å². The molecule has 0 aliphatic carbocycles. The quantitative estimate of drug-likeness (QED) is 0.767. The van der Waals surface area contributed by atoms with E-state index in [4.69, 9.17) is 12.2 Å². The number of hydrogen-bond acceptors (Lipinski definition) is 4. The van der Waals surface area contributed by atoms with Gasteiger partial charge in [0.05, 0.1) is 10.4 Å². The van der Waals surface area contributed by atoms with E-state index in [1.807, 2.05) is 18.8 Å². The van der Waals surface area contributed by atoms with Crippen molar-refractivity contribution in [1.82, 2.24) is 15.5 Å². The third-order valence-corrected chi connectivity index (χ3v) is 5.18. The van der Waals surface area contributed by atoms with Crippen LogP contribution in [0.3, 0.4) is 0 Å². The molecule has 2 fully saturated rings. The van der Waals surface area contributed by atoms with Gasteiger partial charge in [-0.2, -0.15) is 0 Å². The first-order valence-corrected chi connectivity index (χ1v) is 8.25. The van der Waals surface area contributed by atoms with E-state index < -0.39 is 0 Å². The average molecular weight is 301 g/mol. The van der Waals surface area contributed by atoms with Crippen molar-refractivity contribution in [2.45, 2.75) is 38.1 Å². The van der Waals surface area contributed by atoms with Gasteiger partial charge in [0.15, 0.2) is 0 Å². The summed E-state index contributed by atoms with van der Waals surface area (Å²) in [4.78, 5) is 15.4. The Bertz CT molecular complexity index is 373. The number of thioether (sulfide) groups is 1. The normalized spacial score (nSPS) is 29.8.